The zero-order valence-corrected chi connectivity index (χ0v) is 17.2. The van der Waals surface area contributed by atoms with E-state index in [-0.39, 0.29) is 12.3 Å². The summed E-state index contributed by atoms with van der Waals surface area (Å²) < 4.78 is 0. The molecule has 3 amide bonds. The maximum absolute atomic E-state index is 13.1. The summed E-state index contributed by atoms with van der Waals surface area (Å²) in [7, 11) is 0. The lowest BCUT2D eigenvalue weighted by molar-refractivity contribution is -0.148. The number of unbranched alkanes of at least 4 members (excludes halogenated alkanes) is 1. The SMILES string of the molecule is NCCCCC(NC(=O)C1CCCN1C(=O)C1CCCN1C(=O)C(N)CO)C(=O)O. The highest BCUT2D eigenvalue weighted by molar-refractivity contribution is 5.94. The molecule has 11 heteroatoms. The molecule has 2 aliphatic rings. The lowest BCUT2D eigenvalue weighted by Gasteiger charge is -2.32. The van der Waals surface area contributed by atoms with Gasteiger partial charge in [-0.1, -0.05) is 0 Å². The fraction of sp³-hybridized carbons (Fsp3) is 0.789. The largest absolute Gasteiger partial charge is 0.480 e. The van der Waals surface area contributed by atoms with Crippen molar-refractivity contribution in [1.29, 1.82) is 0 Å². The van der Waals surface area contributed by atoms with Crippen LogP contribution in [0.25, 0.3) is 0 Å². The fourth-order valence-electron chi connectivity index (χ4n) is 4.09. The molecule has 0 bridgehead atoms. The number of aliphatic hydroxyl groups excluding tert-OH is 1. The number of hydrogen-bond donors (Lipinski definition) is 5. The third kappa shape index (κ3) is 5.67. The van der Waals surface area contributed by atoms with Gasteiger partial charge in [-0.3, -0.25) is 14.4 Å². The summed E-state index contributed by atoms with van der Waals surface area (Å²) in [5.41, 5.74) is 11.1. The van der Waals surface area contributed by atoms with Crippen molar-refractivity contribution < 1.29 is 29.4 Å². The van der Waals surface area contributed by atoms with E-state index in [9.17, 15) is 24.3 Å². The molecular weight excluding hydrogens is 394 g/mol. The Morgan fingerprint density at radius 2 is 1.67 bits per heavy atom. The minimum atomic E-state index is -1.12. The number of carboxylic acid groups (broad SMARTS) is 1. The number of nitrogens with one attached hydrogen (secondary N) is 1. The summed E-state index contributed by atoms with van der Waals surface area (Å²) in [5, 5.41) is 21.1. The van der Waals surface area contributed by atoms with Crippen LogP contribution in [0.5, 0.6) is 0 Å². The zero-order chi connectivity index (χ0) is 22.3. The first-order valence-electron chi connectivity index (χ1n) is 10.5. The van der Waals surface area contributed by atoms with Crippen molar-refractivity contribution >= 4 is 23.7 Å². The van der Waals surface area contributed by atoms with Crippen LogP contribution < -0.4 is 16.8 Å². The molecule has 0 aromatic rings. The maximum atomic E-state index is 13.1. The van der Waals surface area contributed by atoms with Crippen molar-refractivity contribution in [2.45, 2.75) is 69.1 Å². The molecule has 30 heavy (non-hydrogen) atoms. The van der Waals surface area contributed by atoms with E-state index in [1.54, 1.807) is 0 Å². The van der Waals surface area contributed by atoms with E-state index in [1.807, 2.05) is 0 Å². The third-order valence-corrected chi connectivity index (χ3v) is 5.73. The summed E-state index contributed by atoms with van der Waals surface area (Å²) in [6.07, 6.45) is 3.65. The standard InChI is InChI=1S/C19H33N5O6/c20-8-2-1-5-13(19(29)30)22-16(26)14-6-3-9-23(14)18(28)15-7-4-10-24(15)17(27)12(21)11-25/h12-15,25H,1-11,20-21H2,(H,22,26)(H,29,30). The van der Waals surface area contributed by atoms with Crippen LogP contribution in [0, 0.1) is 0 Å². The Hall–Kier alpha value is -2.24. The van der Waals surface area contributed by atoms with Gasteiger partial charge in [0.25, 0.3) is 0 Å². The molecule has 4 unspecified atom stereocenters. The number of nitrogens with zero attached hydrogens (tertiary/aromatic N) is 2. The van der Waals surface area contributed by atoms with Crippen LogP contribution in [-0.4, -0.2) is 94.1 Å². The molecule has 0 aromatic carbocycles. The number of carbonyl (C=O) groups is 4. The molecule has 11 nitrogen and oxygen atoms in total. The zero-order valence-electron chi connectivity index (χ0n) is 17.2. The number of carboxylic acids is 1. The Kier molecular flexibility index (Phi) is 9.00. The monoisotopic (exact) mass is 427 g/mol. The second-order valence-corrected chi connectivity index (χ2v) is 7.85. The van der Waals surface area contributed by atoms with Crippen molar-refractivity contribution in [3.05, 3.63) is 0 Å². The molecule has 4 atom stereocenters. The molecular formula is C19H33N5O6. The van der Waals surface area contributed by atoms with Gasteiger partial charge in [0.1, 0.15) is 24.2 Å². The highest BCUT2D eigenvalue weighted by atomic mass is 16.4. The van der Waals surface area contributed by atoms with Crippen molar-refractivity contribution in [1.82, 2.24) is 15.1 Å². The topological polar surface area (TPSA) is 179 Å². The smallest absolute Gasteiger partial charge is 0.326 e. The predicted molar refractivity (Wildman–Crippen MR) is 107 cm³/mol. The number of aliphatic carboxylic acids is 1. The van der Waals surface area contributed by atoms with Crippen LogP contribution in [0.15, 0.2) is 0 Å². The van der Waals surface area contributed by atoms with E-state index in [1.165, 1.54) is 9.80 Å². The Morgan fingerprint density at radius 1 is 1.03 bits per heavy atom. The normalized spacial score (nSPS) is 23.3. The average molecular weight is 428 g/mol. The number of hydrogen-bond acceptors (Lipinski definition) is 7. The van der Waals surface area contributed by atoms with E-state index in [2.05, 4.69) is 5.32 Å². The predicted octanol–water partition coefficient (Wildman–Crippen LogP) is -2.01. The number of aliphatic hydroxyl groups is 1. The van der Waals surface area contributed by atoms with Crippen molar-refractivity contribution in [2.24, 2.45) is 11.5 Å². The molecule has 0 aromatic heterocycles. The first kappa shape index (κ1) is 24.0. The van der Waals surface area contributed by atoms with Gasteiger partial charge in [-0.05, 0) is 51.5 Å². The number of rotatable bonds is 10. The molecule has 170 valence electrons. The van der Waals surface area contributed by atoms with E-state index in [0.717, 1.165) is 0 Å². The Balaban J connectivity index is 2.04. The molecule has 0 spiro atoms. The minimum absolute atomic E-state index is 0.267. The highest BCUT2D eigenvalue weighted by Crippen LogP contribution is 2.25. The van der Waals surface area contributed by atoms with Crippen LogP contribution in [0.4, 0.5) is 0 Å². The molecule has 2 aliphatic heterocycles. The summed E-state index contributed by atoms with van der Waals surface area (Å²) in [4.78, 5) is 52.6. The average Bonchev–Trinajstić information content (AvgIpc) is 3.40. The van der Waals surface area contributed by atoms with Gasteiger partial charge >= 0.3 is 5.97 Å². The molecule has 7 N–H and O–H groups in total. The van der Waals surface area contributed by atoms with Crippen molar-refractivity contribution in [3.8, 4) is 0 Å². The second kappa shape index (κ2) is 11.2. The Labute approximate surface area is 175 Å². The van der Waals surface area contributed by atoms with Gasteiger partial charge in [-0.2, -0.15) is 0 Å². The molecule has 2 saturated heterocycles. The minimum Gasteiger partial charge on any atom is -0.480 e. The highest BCUT2D eigenvalue weighted by Gasteiger charge is 2.43. The lowest BCUT2D eigenvalue weighted by atomic mass is 10.1. The number of amides is 3. The van der Waals surface area contributed by atoms with E-state index >= 15 is 0 Å². The molecule has 0 radical (unpaired) electrons. The van der Waals surface area contributed by atoms with Crippen molar-refractivity contribution in [2.75, 3.05) is 26.2 Å². The molecule has 2 heterocycles. The summed E-state index contributed by atoms with van der Waals surface area (Å²) >= 11 is 0. The van der Waals surface area contributed by atoms with Crippen LogP contribution in [0.1, 0.15) is 44.9 Å². The van der Waals surface area contributed by atoms with Gasteiger partial charge in [0.05, 0.1) is 6.61 Å². The van der Waals surface area contributed by atoms with Crippen LogP contribution in [0.2, 0.25) is 0 Å². The summed E-state index contributed by atoms with van der Waals surface area (Å²) in [5.74, 6) is -2.44. The second-order valence-electron chi connectivity index (χ2n) is 7.85. The third-order valence-electron chi connectivity index (χ3n) is 5.73. The maximum Gasteiger partial charge on any atom is 0.326 e. The van der Waals surface area contributed by atoms with Crippen LogP contribution >= 0.6 is 0 Å². The molecule has 2 fully saturated rings. The van der Waals surface area contributed by atoms with Gasteiger partial charge in [-0.15, -0.1) is 0 Å². The van der Waals surface area contributed by atoms with Gasteiger partial charge in [-0.25, -0.2) is 4.79 Å². The van der Waals surface area contributed by atoms with Gasteiger partial charge in [0.2, 0.25) is 17.7 Å². The van der Waals surface area contributed by atoms with Gasteiger partial charge in [0.15, 0.2) is 0 Å². The fourth-order valence-corrected chi connectivity index (χ4v) is 4.09. The summed E-state index contributed by atoms with van der Waals surface area (Å²) in [6, 6.07) is -3.60. The van der Waals surface area contributed by atoms with Gasteiger partial charge < -0.3 is 36.8 Å². The molecule has 0 aliphatic carbocycles. The quantitative estimate of drug-likeness (QED) is 0.248. The van der Waals surface area contributed by atoms with Gasteiger partial charge in [0, 0.05) is 13.1 Å². The van der Waals surface area contributed by atoms with E-state index in [0.29, 0.717) is 58.2 Å². The first-order chi connectivity index (χ1) is 14.3. The summed E-state index contributed by atoms with van der Waals surface area (Å²) in [6.45, 7) is 0.676. The van der Waals surface area contributed by atoms with Crippen LogP contribution in [0.3, 0.4) is 0 Å². The van der Waals surface area contributed by atoms with E-state index < -0.39 is 48.6 Å². The molecule has 0 saturated carbocycles. The lowest BCUT2D eigenvalue weighted by Crippen LogP contribution is -2.56. The first-order valence-corrected chi connectivity index (χ1v) is 10.5. The molecule has 2 rings (SSSR count). The number of likely N-dealkylation sites (tertiary alicyclic amines) is 2. The Bertz CT molecular complexity index is 645. The van der Waals surface area contributed by atoms with Crippen molar-refractivity contribution in [3.63, 3.8) is 0 Å². The Morgan fingerprint density at radius 3 is 2.27 bits per heavy atom. The number of carbonyl (C=O) groups excluding carboxylic acids is 3. The number of nitrogens with two attached hydrogens (primary N) is 2. The van der Waals surface area contributed by atoms with E-state index in [4.69, 9.17) is 16.6 Å². The van der Waals surface area contributed by atoms with Crippen LogP contribution in [-0.2, 0) is 19.2 Å².